The van der Waals surface area contributed by atoms with Gasteiger partial charge in [-0.25, -0.2) is 0 Å². The average Bonchev–Trinajstić information content (AvgIpc) is 2.28. The van der Waals surface area contributed by atoms with Crippen molar-refractivity contribution in [1.29, 1.82) is 0 Å². The third kappa shape index (κ3) is 4.53. The highest BCUT2D eigenvalue weighted by molar-refractivity contribution is 6.17. The quantitative estimate of drug-likeness (QED) is 0.541. The first kappa shape index (κ1) is 13.6. The molecule has 0 radical (unpaired) electrons. The number of carbonyl (C=O) groups excluding carboxylic acids is 1. The molecule has 0 atom stereocenters. The summed E-state index contributed by atoms with van der Waals surface area (Å²) in [6.45, 7) is 0.552. The standard InChI is InChI=1S/C12H16ClNO3/c13-6-2-1-3-7-14-12(17)10-5-4-9(15)8-11(10)16/h4-5,8,15-16H,1-3,6-7H2,(H,14,17). The molecule has 0 aromatic heterocycles. The predicted octanol–water partition coefficient (Wildman–Crippen LogP) is 2.24. The summed E-state index contributed by atoms with van der Waals surface area (Å²) in [6.07, 6.45) is 2.75. The first-order valence-corrected chi connectivity index (χ1v) is 6.04. The zero-order chi connectivity index (χ0) is 12.7. The van der Waals surface area contributed by atoms with Gasteiger partial charge < -0.3 is 15.5 Å². The van der Waals surface area contributed by atoms with E-state index in [1.165, 1.54) is 12.1 Å². The van der Waals surface area contributed by atoms with Gasteiger partial charge in [-0.3, -0.25) is 4.79 Å². The number of carbonyl (C=O) groups is 1. The molecule has 1 rings (SSSR count). The molecule has 0 aliphatic carbocycles. The minimum atomic E-state index is -0.339. The molecular weight excluding hydrogens is 242 g/mol. The topological polar surface area (TPSA) is 69.6 Å². The Kier molecular flexibility index (Phi) is 5.63. The number of aromatic hydroxyl groups is 2. The molecule has 0 unspecified atom stereocenters. The molecule has 1 aromatic rings. The van der Waals surface area contributed by atoms with E-state index in [2.05, 4.69) is 5.32 Å². The maximum Gasteiger partial charge on any atom is 0.255 e. The number of nitrogens with one attached hydrogen (secondary N) is 1. The number of amides is 1. The van der Waals surface area contributed by atoms with Crippen LogP contribution in [-0.4, -0.2) is 28.5 Å². The highest BCUT2D eigenvalue weighted by atomic mass is 35.5. The summed E-state index contributed by atoms with van der Waals surface area (Å²) < 4.78 is 0. The van der Waals surface area contributed by atoms with Gasteiger partial charge in [0.1, 0.15) is 11.5 Å². The molecule has 0 heterocycles. The summed E-state index contributed by atoms with van der Waals surface area (Å²) >= 11 is 5.53. The Morgan fingerprint density at radius 1 is 1.24 bits per heavy atom. The molecule has 0 fully saturated rings. The number of hydrogen-bond donors (Lipinski definition) is 3. The van der Waals surface area contributed by atoms with Crippen molar-refractivity contribution in [2.45, 2.75) is 19.3 Å². The van der Waals surface area contributed by atoms with Crippen LogP contribution < -0.4 is 5.32 Å². The summed E-state index contributed by atoms with van der Waals surface area (Å²) in [6, 6.07) is 3.89. The van der Waals surface area contributed by atoms with Gasteiger partial charge in [-0.05, 0) is 25.0 Å². The van der Waals surface area contributed by atoms with Gasteiger partial charge in [0.05, 0.1) is 5.56 Å². The van der Waals surface area contributed by atoms with E-state index >= 15 is 0 Å². The van der Waals surface area contributed by atoms with E-state index in [1.807, 2.05) is 0 Å². The fraction of sp³-hybridized carbons (Fsp3) is 0.417. The minimum absolute atomic E-state index is 0.0684. The van der Waals surface area contributed by atoms with E-state index in [1.54, 1.807) is 0 Å². The number of hydrogen-bond acceptors (Lipinski definition) is 3. The van der Waals surface area contributed by atoms with E-state index in [9.17, 15) is 9.90 Å². The highest BCUT2D eigenvalue weighted by Crippen LogP contribution is 2.22. The van der Waals surface area contributed by atoms with Crippen molar-refractivity contribution in [2.24, 2.45) is 0 Å². The van der Waals surface area contributed by atoms with Gasteiger partial charge in [0.15, 0.2) is 0 Å². The van der Waals surface area contributed by atoms with Crippen LogP contribution in [0.15, 0.2) is 18.2 Å². The van der Waals surface area contributed by atoms with Gasteiger partial charge in [0.2, 0.25) is 0 Å². The Balaban J connectivity index is 2.42. The highest BCUT2D eigenvalue weighted by Gasteiger charge is 2.10. The van der Waals surface area contributed by atoms with Crippen molar-refractivity contribution in [3.05, 3.63) is 23.8 Å². The summed E-state index contributed by atoms with van der Waals surface area (Å²) in [5.41, 5.74) is 0.167. The number of halogens is 1. The molecule has 17 heavy (non-hydrogen) atoms. The molecule has 0 saturated carbocycles. The zero-order valence-corrected chi connectivity index (χ0v) is 10.2. The van der Waals surface area contributed by atoms with E-state index in [-0.39, 0.29) is 23.0 Å². The van der Waals surface area contributed by atoms with Crippen LogP contribution in [0.5, 0.6) is 11.5 Å². The molecule has 0 aliphatic heterocycles. The maximum absolute atomic E-state index is 11.6. The van der Waals surface area contributed by atoms with Gasteiger partial charge in [0.25, 0.3) is 5.91 Å². The van der Waals surface area contributed by atoms with E-state index in [4.69, 9.17) is 16.7 Å². The SMILES string of the molecule is O=C(NCCCCCCl)c1ccc(O)cc1O. The molecular formula is C12H16ClNO3. The lowest BCUT2D eigenvalue weighted by atomic mass is 10.1. The Labute approximate surface area is 105 Å². The van der Waals surface area contributed by atoms with Crippen LogP contribution in [0, 0.1) is 0 Å². The van der Waals surface area contributed by atoms with Crippen molar-refractivity contribution in [2.75, 3.05) is 12.4 Å². The second-order valence-electron chi connectivity index (χ2n) is 3.71. The van der Waals surface area contributed by atoms with Gasteiger partial charge in [-0.2, -0.15) is 0 Å². The lowest BCUT2D eigenvalue weighted by Crippen LogP contribution is -2.24. The van der Waals surface area contributed by atoms with Crippen molar-refractivity contribution in [3.8, 4) is 11.5 Å². The van der Waals surface area contributed by atoms with Crippen LogP contribution in [0.25, 0.3) is 0 Å². The van der Waals surface area contributed by atoms with Gasteiger partial charge in [-0.1, -0.05) is 6.42 Å². The summed E-state index contributed by atoms with van der Waals surface area (Å²) in [4.78, 5) is 11.6. The van der Waals surface area contributed by atoms with Crippen molar-refractivity contribution < 1.29 is 15.0 Å². The second kappa shape index (κ2) is 7.01. The predicted molar refractivity (Wildman–Crippen MR) is 66.7 cm³/mol. The number of phenols is 2. The molecule has 5 heteroatoms. The van der Waals surface area contributed by atoms with E-state index < -0.39 is 0 Å². The van der Waals surface area contributed by atoms with Crippen LogP contribution in [0.1, 0.15) is 29.6 Å². The van der Waals surface area contributed by atoms with Crippen LogP contribution in [0.2, 0.25) is 0 Å². The van der Waals surface area contributed by atoms with Crippen LogP contribution in [-0.2, 0) is 0 Å². The van der Waals surface area contributed by atoms with Gasteiger partial charge >= 0.3 is 0 Å². The summed E-state index contributed by atoms with van der Waals surface area (Å²) in [5, 5.41) is 21.2. The number of unbranched alkanes of at least 4 members (excludes halogenated alkanes) is 2. The smallest absolute Gasteiger partial charge is 0.255 e. The average molecular weight is 258 g/mol. The molecule has 94 valence electrons. The van der Waals surface area contributed by atoms with Crippen molar-refractivity contribution >= 4 is 17.5 Å². The Bertz CT molecular complexity index is 382. The number of alkyl halides is 1. The molecule has 1 amide bonds. The molecule has 0 saturated heterocycles. The number of rotatable bonds is 6. The van der Waals surface area contributed by atoms with Crippen molar-refractivity contribution in [1.82, 2.24) is 5.32 Å². The lowest BCUT2D eigenvalue weighted by Gasteiger charge is -2.06. The molecule has 4 nitrogen and oxygen atoms in total. The fourth-order valence-corrected chi connectivity index (χ4v) is 1.59. The molecule has 0 spiro atoms. The first-order chi connectivity index (χ1) is 8.15. The van der Waals surface area contributed by atoms with Crippen molar-refractivity contribution in [3.63, 3.8) is 0 Å². The third-order valence-electron chi connectivity index (χ3n) is 2.32. The third-order valence-corrected chi connectivity index (χ3v) is 2.59. The largest absolute Gasteiger partial charge is 0.508 e. The Morgan fingerprint density at radius 3 is 2.65 bits per heavy atom. The van der Waals surface area contributed by atoms with Crippen LogP contribution >= 0.6 is 11.6 Å². The number of phenolic OH excluding ortho intramolecular Hbond substituents is 2. The Hall–Kier alpha value is -1.42. The second-order valence-corrected chi connectivity index (χ2v) is 4.08. The molecule has 0 bridgehead atoms. The summed E-state index contributed by atoms with van der Waals surface area (Å²) in [7, 11) is 0. The van der Waals surface area contributed by atoms with E-state index in [0.29, 0.717) is 12.4 Å². The normalized spacial score (nSPS) is 10.2. The summed E-state index contributed by atoms with van der Waals surface area (Å²) in [5.74, 6) is 0.00460. The molecule has 3 N–H and O–H groups in total. The zero-order valence-electron chi connectivity index (χ0n) is 9.45. The molecule has 1 aromatic carbocycles. The lowest BCUT2D eigenvalue weighted by molar-refractivity contribution is 0.0950. The van der Waals surface area contributed by atoms with E-state index in [0.717, 1.165) is 25.3 Å². The Morgan fingerprint density at radius 2 is 2.00 bits per heavy atom. The fourth-order valence-electron chi connectivity index (χ4n) is 1.41. The maximum atomic E-state index is 11.6. The minimum Gasteiger partial charge on any atom is -0.508 e. The van der Waals surface area contributed by atoms with Crippen LogP contribution in [0.3, 0.4) is 0 Å². The van der Waals surface area contributed by atoms with Gasteiger partial charge in [0, 0.05) is 18.5 Å². The first-order valence-electron chi connectivity index (χ1n) is 5.51. The van der Waals surface area contributed by atoms with Crippen LogP contribution in [0.4, 0.5) is 0 Å². The molecule has 0 aliphatic rings. The number of benzene rings is 1. The monoisotopic (exact) mass is 257 g/mol. The van der Waals surface area contributed by atoms with Gasteiger partial charge in [-0.15, -0.1) is 11.6 Å².